The van der Waals surface area contributed by atoms with E-state index in [9.17, 15) is 9.59 Å². The predicted molar refractivity (Wildman–Crippen MR) is 72.3 cm³/mol. The van der Waals surface area contributed by atoms with Gasteiger partial charge in [-0.2, -0.15) is 0 Å². The van der Waals surface area contributed by atoms with E-state index in [1.807, 2.05) is 17.5 Å². The third-order valence-electron chi connectivity index (χ3n) is 3.22. The standard InChI is InChI=1S/C14H12O5S/c1-7-6-8-10(13(15)18-7)11(9-4-3-5-20-9)12(19-8)14(16)17-2/h3-6,11-12H,1-2H3/t11-,12-/m1/s1. The van der Waals surface area contributed by atoms with E-state index in [1.165, 1.54) is 18.4 Å². The molecule has 5 nitrogen and oxygen atoms in total. The molecule has 0 saturated carbocycles. The lowest BCUT2D eigenvalue weighted by Gasteiger charge is -2.14. The zero-order valence-corrected chi connectivity index (χ0v) is 11.7. The molecule has 0 amide bonds. The van der Waals surface area contributed by atoms with Gasteiger partial charge in [0.2, 0.25) is 6.10 Å². The fraction of sp³-hybridized carbons (Fsp3) is 0.286. The van der Waals surface area contributed by atoms with Gasteiger partial charge in [-0.3, -0.25) is 0 Å². The summed E-state index contributed by atoms with van der Waals surface area (Å²) in [6.07, 6.45) is -0.849. The van der Waals surface area contributed by atoms with E-state index in [-0.39, 0.29) is 0 Å². The van der Waals surface area contributed by atoms with E-state index in [0.717, 1.165) is 4.88 Å². The summed E-state index contributed by atoms with van der Waals surface area (Å²) in [6.45, 7) is 1.66. The maximum absolute atomic E-state index is 12.1. The van der Waals surface area contributed by atoms with Crippen LogP contribution in [0.3, 0.4) is 0 Å². The lowest BCUT2D eigenvalue weighted by atomic mass is 9.95. The lowest BCUT2D eigenvalue weighted by molar-refractivity contribution is -0.148. The highest BCUT2D eigenvalue weighted by Crippen LogP contribution is 2.42. The lowest BCUT2D eigenvalue weighted by Crippen LogP contribution is -2.31. The van der Waals surface area contributed by atoms with Gasteiger partial charge in [-0.25, -0.2) is 9.59 Å². The fourth-order valence-electron chi connectivity index (χ4n) is 2.39. The van der Waals surface area contributed by atoms with Crippen LogP contribution in [0.15, 0.2) is 32.8 Å². The molecule has 0 N–H and O–H groups in total. The van der Waals surface area contributed by atoms with Crippen LogP contribution in [0.2, 0.25) is 0 Å². The van der Waals surface area contributed by atoms with Crippen LogP contribution in [0.4, 0.5) is 0 Å². The first-order valence-corrected chi connectivity index (χ1v) is 6.92. The molecule has 0 saturated heterocycles. The van der Waals surface area contributed by atoms with Crippen LogP contribution in [-0.4, -0.2) is 19.2 Å². The minimum atomic E-state index is -0.849. The Bertz CT molecular complexity index is 701. The molecule has 0 aromatic carbocycles. The van der Waals surface area contributed by atoms with Crippen LogP contribution in [-0.2, 0) is 9.53 Å². The van der Waals surface area contributed by atoms with Gasteiger partial charge >= 0.3 is 11.6 Å². The van der Waals surface area contributed by atoms with E-state index in [0.29, 0.717) is 17.1 Å². The number of carbonyl (C=O) groups excluding carboxylic acids is 1. The van der Waals surface area contributed by atoms with Gasteiger partial charge in [0.25, 0.3) is 0 Å². The second kappa shape index (κ2) is 4.79. The number of esters is 1. The number of thiophene rings is 1. The summed E-state index contributed by atoms with van der Waals surface area (Å²) < 4.78 is 15.5. The summed E-state index contributed by atoms with van der Waals surface area (Å²) in [6, 6.07) is 5.35. The molecule has 0 aliphatic carbocycles. The smallest absolute Gasteiger partial charge is 0.348 e. The number of fused-ring (bicyclic) bond motifs is 1. The summed E-state index contributed by atoms with van der Waals surface area (Å²) in [5, 5.41) is 1.89. The van der Waals surface area contributed by atoms with Crippen molar-refractivity contribution in [3.63, 3.8) is 0 Å². The Balaban J connectivity index is 2.17. The van der Waals surface area contributed by atoms with Crippen molar-refractivity contribution in [2.24, 2.45) is 0 Å². The third kappa shape index (κ3) is 1.92. The van der Waals surface area contributed by atoms with Crippen LogP contribution in [0.1, 0.15) is 22.1 Å². The Morgan fingerprint density at radius 3 is 2.90 bits per heavy atom. The third-order valence-corrected chi connectivity index (χ3v) is 4.18. The first kappa shape index (κ1) is 12.9. The topological polar surface area (TPSA) is 65.7 Å². The minimum absolute atomic E-state index is 0.383. The Kier molecular flexibility index (Phi) is 3.10. The Morgan fingerprint density at radius 1 is 1.45 bits per heavy atom. The Morgan fingerprint density at radius 2 is 2.25 bits per heavy atom. The van der Waals surface area contributed by atoms with Gasteiger partial charge < -0.3 is 13.9 Å². The SMILES string of the molecule is COC(=O)[C@@H]1Oc2cc(C)oc(=O)c2[C@H]1c1cccs1. The van der Waals surface area contributed by atoms with Crippen molar-refractivity contribution in [1.29, 1.82) is 0 Å². The highest BCUT2D eigenvalue weighted by Gasteiger charge is 2.44. The van der Waals surface area contributed by atoms with E-state index in [1.54, 1.807) is 13.0 Å². The Hall–Kier alpha value is -2.08. The first-order chi connectivity index (χ1) is 9.61. The first-order valence-electron chi connectivity index (χ1n) is 6.04. The average molecular weight is 292 g/mol. The molecular formula is C14H12O5S. The minimum Gasteiger partial charge on any atom is -0.477 e. The van der Waals surface area contributed by atoms with Gasteiger partial charge in [-0.1, -0.05) is 6.07 Å². The molecule has 6 heteroatoms. The van der Waals surface area contributed by atoms with Gasteiger partial charge in [0.05, 0.1) is 18.6 Å². The molecule has 0 unspecified atom stereocenters. The molecule has 1 aliphatic rings. The summed E-state index contributed by atoms with van der Waals surface area (Å²) in [5.74, 6) is -0.136. The number of ether oxygens (including phenoxy) is 2. The molecule has 1 aliphatic heterocycles. The largest absolute Gasteiger partial charge is 0.477 e. The number of hydrogen-bond acceptors (Lipinski definition) is 6. The van der Waals surface area contributed by atoms with Crippen LogP contribution in [0.25, 0.3) is 0 Å². The number of hydrogen-bond donors (Lipinski definition) is 0. The number of methoxy groups -OCH3 is 1. The Labute approximate surface area is 118 Å². The number of rotatable bonds is 2. The van der Waals surface area contributed by atoms with Crippen molar-refractivity contribution >= 4 is 17.3 Å². The molecule has 20 heavy (non-hydrogen) atoms. The molecule has 2 aromatic heterocycles. The molecule has 0 fully saturated rings. The zero-order chi connectivity index (χ0) is 14.3. The maximum atomic E-state index is 12.1. The normalized spacial score (nSPS) is 20.3. The van der Waals surface area contributed by atoms with Crippen LogP contribution < -0.4 is 10.4 Å². The molecule has 3 heterocycles. The van der Waals surface area contributed by atoms with Gasteiger partial charge in [0, 0.05) is 10.9 Å². The van der Waals surface area contributed by atoms with Crippen molar-refractivity contribution in [3.05, 3.63) is 50.2 Å². The molecule has 0 spiro atoms. The summed E-state index contributed by atoms with van der Waals surface area (Å²) in [4.78, 5) is 24.9. The van der Waals surface area contributed by atoms with E-state index in [4.69, 9.17) is 13.9 Å². The van der Waals surface area contributed by atoms with E-state index < -0.39 is 23.6 Å². The second-order valence-electron chi connectivity index (χ2n) is 4.48. The summed E-state index contributed by atoms with van der Waals surface area (Å²) >= 11 is 1.46. The molecule has 0 bridgehead atoms. The number of carbonyl (C=O) groups is 1. The van der Waals surface area contributed by atoms with Crippen LogP contribution in [0.5, 0.6) is 5.75 Å². The molecule has 3 rings (SSSR count). The molecule has 0 radical (unpaired) electrons. The quantitative estimate of drug-likeness (QED) is 0.793. The molecule has 2 aromatic rings. The van der Waals surface area contributed by atoms with Crippen molar-refractivity contribution in [3.8, 4) is 5.75 Å². The maximum Gasteiger partial charge on any atom is 0.348 e. The average Bonchev–Trinajstić information content (AvgIpc) is 3.03. The predicted octanol–water partition coefficient (Wildman–Crippen LogP) is 2.08. The second-order valence-corrected chi connectivity index (χ2v) is 5.46. The van der Waals surface area contributed by atoms with E-state index >= 15 is 0 Å². The molecule has 104 valence electrons. The van der Waals surface area contributed by atoms with Crippen molar-refractivity contribution in [2.45, 2.75) is 18.9 Å². The summed E-state index contributed by atoms with van der Waals surface area (Å²) in [5.41, 5.74) is -0.0850. The van der Waals surface area contributed by atoms with Gasteiger partial charge in [-0.05, 0) is 18.4 Å². The molecule has 2 atom stereocenters. The van der Waals surface area contributed by atoms with Gasteiger partial charge in [0.1, 0.15) is 11.5 Å². The van der Waals surface area contributed by atoms with Crippen molar-refractivity contribution in [1.82, 2.24) is 0 Å². The van der Waals surface area contributed by atoms with Crippen LogP contribution >= 0.6 is 11.3 Å². The fourth-order valence-corrected chi connectivity index (χ4v) is 3.25. The highest BCUT2D eigenvalue weighted by atomic mass is 32.1. The van der Waals surface area contributed by atoms with Gasteiger partial charge in [-0.15, -0.1) is 11.3 Å². The summed E-state index contributed by atoms with van der Waals surface area (Å²) in [7, 11) is 1.30. The van der Waals surface area contributed by atoms with Crippen molar-refractivity contribution < 1.29 is 18.7 Å². The highest BCUT2D eigenvalue weighted by molar-refractivity contribution is 7.10. The van der Waals surface area contributed by atoms with Crippen molar-refractivity contribution in [2.75, 3.05) is 7.11 Å². The monoisotopic (exact) mass is 292 g/mol. The molecular weight excluding hydrogens is 280 g/mol. The van der Waals surface area contributed by atoms with Crippen LogP contribution in [0, 0.1) is 6.92 Å². The number of aryl methyl sites for hydroxylation is 1. The van der Waals surface area contributed by atoms with Gasteiger partial charge in [0.15, 0.2) is 0 Å². The zero-order valence-electron chi connectivity index (χ0n) is 10.9. The van der Waals surface area contributed by atoms with E-state index in [2.05, 4.69) is 0 Å².